The third kappa shape index (κ3) is 3.34. The second kappa shape index (κ2) is 7.93. The molecular formula is C27H44O. The summed E-state index contributed by atoms with van der Waals surface area (Å²) < 4.78 is 0. The molecule has 0 aromatic heterocycles. The molecule has 7 atom stereocenters. The topological polar surface area (TPSA) is 20.2 Å². The van der Waals surface area contributed by atoms with Crippen LogP contribution in [0.5, 0.6) is 0 Å². The van der Waals surface area contributed by atoms with E-state index in [0.717, 1.165) is 36.5 Å². The number of aliphatic hydroxyl groups excluding tert-OH is 1. The average Bonchev–Trinajstić information content (AvgIpc) is 3.04. The van der Waals surface area contributed by atoms with Crippen molar-refractivity contribution in [3.8, 4) is 0 Å². The van der Waals surface area contributed by atoms with Crippen LogP contribution in [0.3, 0.4) is 0 Å². The highest BCUT2D eigenvalue weighted by atomic mass is 16.3. The standard InChI is InChI=1S/C27H44O/c1-19(18-28)8-7-9-20(2)23-13-14-24-22-12-11-21-10-5-6-16-26(21,3)25(22)15-17-27(23,24)4/h9,11,19,22-25,28H,5-8,10,12-18H2,1-4H3/b20-9-/t19?,22-,23+,24-,25-,26-,27+/m0/s1. The molecule has 0 spiro atoms. The van der Waals surface area contributed by atoms with Crippen molar-refractivity contribution in [1.82, 2.24) is 0 Å². The number of hydrogen-bond donors (Lipinski definition) is 1. The van der Waals surface area contributed by atoms with Crippen LogP contribution in [0.25, 0.3) is 0 Å². The predicted octanol–water partition coefficient (Wildman–Crippen LogP) is 7.31. The first-order valence-corrected chi connectivity index (χ1v) is 12.4. The van der Waals surface area contributed by atoms with Gasteiger partial charge in [-0.15, -0.1) is 0 Å². The third-order valence-corrected chi connectivity index (χ3v) is 10.0. The van der Waals surface area contributed by atoms with Gasteiger partial charge in [0.05, 0.1) is 0 Å². The van der Waals surface area contributed by atoms with Crippen molar-refractivity contribution in [1.29, 1.82) is 0 Å². The molecule has 0 aliphatic heterocycles. The van der Waals surface area contributed by atoms with E-state index in [1.807, 2.05) is 5.57 Å². The highest BCUT2D eigenvalue weighted by Gasteiger charge is 2.58. The Morgan fingerprint density at radius 2 is 2.00 bits per heavy atom. The number of allylic oxidation sites excluding steroid dienone is 4. The van der Waals surface area contributed by atoms with Crippen molar-refractivity contribution in [2.24, 2.45) is 40.4 Å². The molecule has 1 heteroatoms. The Bertz CT molecular complexity index is 630. The molecule has 28 heavy (non-hydrogen) atoms. The van der Waals surface area contributed by atoms with E-state index in [0.29, 0.717) is 23.4 Å². The van der Waals surface area contributed by atoms with Gasteiger partial charge in [-0.05, 0) is 112 Å². The van der Waals surface area contributed by atoms with Crippen molar-refractivity contribution >= 4 is 0 Å². The van der Waals surface area contributed by atoms with E-state index in [1.54, 1.807) is 5.57 Å². The molecule has 3 saturated carbocycles. The normalized spacial score (nSPS) is 44.3. The molecule has 1 N–H and O–H groups in total. The van der Waals surface area contributed by atoms with Crippen LogP contribution in [-0.2, 0) is 0 Å². The minimum absolute atomic E-state index is 0.327. The molecule has 0 heterocycles. The van der Waals surface area contributed by atoms with Gasteiger partial charge in [0, 0.05) is 6.61 Å². The Hall–Kier alpha value is -0.560. The highest BCUT2D eigenvalue weighted by Crippen LogP contribution is 2.67. The highest BCUT2D eigenvalue weighted by molar-refractivity contribution is 5.25. The van der Waals surface area contributed by atoms with Gasteiger partial charge < -0.3 is 5.11 Å². The second-order valence-corrected chi connectivity index (χ2v) is 11.5. The van der Waals surface area contributed by atoms with Gasteiger partial charge in [-0.25, -0.2) is 0 Å². The van der Waals surface area contributed by atoms with E-state index < -0.39 is 0 Å². The monoisotopic (exact) mass is 384 g/mol. The van der Waals surface area contributed by atoms with Crippen molar-refractivity contribution in [3.05, 3.63) is 23.3 Å². The predicted molar refractivity (Wildman–Crippen MR) is 119 cm³/mol. The van der Waals surface area contributed by atoms with Crippen LogP contribution < -0.4 is 0 Å². The fourth-order valence-corrected chi connectivity index (χ4v) is 8.28. The summed E-state index contributed by atoms with van der Waals surface area (Å²) >= 11 is 0. The molecule has 4 rings (SSSR count). The summed E-state index contributed by atoms with van der Waals surface area (Å²) in [5.41, 5.74) is 4.56. The molecule has 0 amide bonds. The summed E-state index contributed by atoms with van der Waals surface area (Å²) in [6.07, 6.45) is 20.4. The zero-order valence-corrected chi connectivity index (χ0v) is 19.0. The van der Waals surface area contributed by atoms with Gasteiger partial charge in [0.25, 0.3) is 0 Å². The van der Waals surface area contributed by atoms with Crippen molar-refractivity contribution in [3.63, 3.8) is 0 Å². The first-order valence-electron chi connectivity index (χ1n) is 12.4. The van der Waals surface area contributed by atoms with Gasteiger partial charge in [0.1, 0.15) is 0 Å². The van der Waals surface area contributed by atoms with Crippen LogP contribution in [0, 0.1) is 40.4 Å². The molecule has 0 aromatic carbocycles. The molecule has 0 radical (unpaired) electrons. The molecular weight excluding hydrogens is 340 g/mol. The fourth-order valence-electron chi connectivity index (χ4n) is 8.28. The maximum absolute atomic E-state index is 9.29. The molecule has 4 aliphatic carbocycles. The van der Waals surface area contributed by atoms with Gasteiger partial charge >= 0.3 is 0 Å². The van der Waals surface area contributed by atoms with E-state index in [9.17, 15) is 5.11 Å². The number of rotatable bonds is 5. The molecule has 0 saturated heterocycles. The summed E-state index contributed by atoms with van der Waals surface area (Å²) in [6, 6.07) is 0. The van der Waals surface area contributed by atoms with E-state index in [2.05, 4.69) is 39.8 Å². The zero-order chi connectivity index (χ0) is 19.9. The van der Waals surface area contributed by atoms with Crippen LogP contribution >= 0.6 is 0 Å². The minimum atomic E-state index is 0.327. The summed E-state index contributed by atoms with van der Waals surface area (Å²) in [5, 5.41) is 9.29. The Morgan fingerprint density at radius 1 is 1.18 bits per heavy atom. The van der Waals surface area contributed by atoms with E-state index in [1.165, 1.54) is 57.8 Å². The summed E-state index contributed by atoms with van der Waals surface area (Å²) in [5.74, 6) is 4.07. The van der Waals surface area contributed by atoms with Gasteiger partial charge in [0.15, 0.2) is 0 Å². The second-order valence-electron chi connectivity index (χ2n) is 11.5. The zero-order valence-electron chi connectivity index (χ0n) is 19.0. The minimum Gasteiger partial charge on any atom is -0.396 e. The lowest BCUT2D eigenvalue weighted by atomic mass is 9.47. The van der Waals surface area contributed by atoms with Crippen molar-refractivity contribution < 1.29 is 5.11 Å². The largest absolute Gasteiger partial charge is 0.396 e. The summed E-state index contributed by atoms with van der Waals surface area (Å²) in [4.78, 5) is 0. The summed E-state index contributed by atoms with van der Waals surface area (Å²) in [7, 11) is 0. The maximum Gasteiger partial charge on any atom is 0.0456 e. The number of hydrogen-bond acceptors (Lipinski definition) is 1. The number of fused-ring (bicyclic) bond motifs is 5. The molecule has 0 aromatic rings. The average molecular weight is 385 g/mol. The van der Waals surface area contributed by atoms with E-state index >= 15 is 0 Å². The molecule has 1 unspecified atom stereocenters. The van der Waals surface area contributed by atoms with Crippen molar-refractivity contribution in [2.45, 2.75) is 98.3 Å². The quantitative estimate of drug-likeness (QED) is 0.493. The van der Waals surface area contributed by atoms with Crippen LogP contribution in [0.2, 0.25) is 0 Å². The first-order chi connectivity index (χ1) is 13.4. The van der Waals surface area contributed by atoms with E-state index in [4.69, 9.17) is 0 Å². The van der Waals surface area contributed by atoms with E-state index in [-0.39, 0.29) is 0 Å². The van der Waals surface area contributed by atoms with Crippen LogP contribution in [0.15, 0.2) is 23.3 Å². The molecule has 4 aliphatic rings. The van der Waals surface area contributed by atoms with Crippen LogP contribution in [0.1, 0.15) is 98.3 Å². The lowest BCUT2D eigenvalue weighted by Gasteiger charge is -2.57. The Kier molecular flexibility index (Phi) is 5.87. The molecule has 158 valence electrons. The van der Waals surface area contributed by atoms with Crippen LogP contribution in [-0.4, -0.2) is 11.7 Å². The van der Waals surface area contributed by atoms with Gasteiger partial charge in [-0.3, -0.25) is 0 Å². The van der Waals surface area contributed by atoms with Gasteiger partial charge in [-0.1, -0.05) is 50.5 Å². The maximum atomic E-state index is 9.29. The smallest absolute Gasteiger partial charge is 0.0456 e. The third-order valence-electron chi connectivity index (χ3n) is 10.0. The fraction of sp³-hybridized carbons (Fsp3) is 0.852. The SMILES string of the molecule is C/C(=C/CCC(C)CO)[C@H]1CC[C@H]2[C@@H]3CC=C4CCCC[C@]4(C)[C@H]3CC[C@]12C. The molecule has 0 bridgehead atoms. The van der Waals surface area contributed by atoms with Gasteiger partial charge in [0.2, 0.25) is 0 Å². The van der Waals surface area contributed by atoms with Crippen molar-refractivity contribution in [2.75, 3.05) is 6.61 Å². The lowest BCUT2D eigenvalue weighted by molar-refractivity contribution is -0.0360. The Balaban J connectivity index is 1.51. The van der Waals surface area contributed by atoms with Gasteiger partial charge in [-0.2, -0.15) is 0 Å². The lowest BCUT2D eigenvalue weighted by Crippen LogP contribution is -2.49. The molecule has 3 fully saturated rings. The Labute approximate surface area is 174 Å². The van der Waals surface area contributed by atoms with Crippen LogP contribution in [0.4, 0.5) is 0 Å². The Morgan fingerprint density at radius 3 is 2.79 bits per heavy atom. The number of aliphatic hydroxyl groups is 1. The molecule has 1 nitrogen and oxygen atoms in total. The summed E-state index contributed by atoms with van der Waals surface area (Å²) in [6.45, 7) is 10.2. The first kappa shape index (κ1) is 20.7.